The zero-order chi connectivity index (χ0) is 22.0. The molecule has 0 saturated carbocycles. The Hall–Kier alpha value is -1.65. The van der Waals surface area contributed by atoms with Crippen molar-refractivity contribution < 1.29 is 13.2 Å². The molecule has 1 saturated heterocycles. The Labute approximate surface area is 195 Å². The maximum atomic E-state index is 12.9. The van der Waals surface area contributed by atoms with Crippen molar-refractivity contribution in [1.29, 1.82) is 0 Å². The highest BCUT2D eigenvalue weighted by atomic mass is 35.5. The third-order valence-corrected chi connectivity index (χ3v) is 9.38. The number of benzene rings is 2. The fourth-order valence-electron chi connectivity index (χ4n) is 3.40. The standard InChI is InChI=1S/C21H22ClN3O3S3/c1-14-5-6-15(22)11-18(14)23-20(26)13-29-21-24-17-8-7-16(12-19(17)30-21)31(27,28)25-9-3-2-4-10-25/h5-8,11-12H,2-4,9-10,13H2,1H3,(H,23,26). The third kappa shape index (κ3) is 5.23. The second-order valence-electron chi connectivity index (χ2n) is 7.37. The van der Waals surface area contributed by atoms with Gasteiger partial charge < -0.3 is 5.32 Å². The minimum Gasteiger partial charge on any atom is -0.325 e. The number of nitrogens with zero attached hydrogens (tertiary/aromatic N) is 2. The van der Waals surface area contributed by atoms with Crippen molar-refractivity contribution in [3.8, 4) is 0 Å². The Morgan fingerprint density at radius 3 is 2.74 bits per heavy atom. The van der Waals surface area contributed by atoms with Gasteiger partial charge in [-0.1, -0.05) is 35.9 Å². The van der Waals surface area contributed by atoms with Gasteiger partial charge in [-0.15, -0.1) is 11.3 Å². The van der Waals surface area contributed by atoms with E-state index >= 15 is 0 Å². The fourth-order valence-corrected chi connectivity index (χ4v) is 7.10. The number of hydrogen-bond donors (Lipinski definition) is 1. The maximum absolute atomic E-state index is 12.9. The van der Waals surface area contributed by atoms with Gasteiger partial charge >= 0.3 is 0 Å². The smallest absolute Gasteiger partial charge is 0.243 e. The molecule has 1 N–H and O–H groups in total. The second kappa shape index (κ2) is 9.46. The second-order valence-corrected chi connectivity index (χ2v) is 12.0. The van der Waals surface area contributed by atoms with Gasteiger partial charge in [0, 0.05) is 23.8 Å². The molecule has 0 radical (unpaired) electrons. The first-order valence-electron chi connectivity index (χ1n) is 9.92. The number of anilines is 1. The number of sulfonamides is 1. The maximum Gasteiger partial charge on any atom is 0.243 e. The Balaban J connectivity index is 1.44. The lowest BCUT2D eigenvalue weighted by Crippen LogP contribution is -2.35. The number of carbonyl (C=O) groups is 1. The summed E-state index contributed by atoms with van der Waals surface area (Å²) in [5, 5.41) is 3.43. The number of halogens is 1. The van der Waals surface area contributed by atoms with Crippen LogP contribution in [0.4, 0.5) is 5.69 Å². The Kier molecular flexibility index (Phi) is 6.88. The summed E-state index contributed by atoms with van der Waals surface area (Å²) >= 11 is 8.73. The molecule has 0 spiro atoms. The monoisotopic (exact) mass is 495 g/mol. The van der Waals surface area contributed by atoms with Gasteiger partial charge in [0.2, 0.25) is 15.9 Å². The SMILES string of the molecule is Cc1ccc(Cl)cc1NC(=O)CSc1nc2ccc(S(=O)(=O)N3CCCCC3)cc2s1. The van der Waals surface area contributed by atoms with Crippen LogP contribution >= 0.6 is 34.7 Å². The molecule has 6 nitrogen and oxygen atoms in total. The average Bonchev–Trinajstić information content (AvgIpc) is 3.18. The van der Waals surface area contributed by atoms with Crippen molar-refractivity contribution >= 4 is 66.5 Å². The van der Waals surface area contributed by atoms with Gasteiger partial charge in [-0.25, -0.2) is 13.4 Å². The van der Waals surface area contributed by atoms with Crippen LogP contribution in [0.1, 0.15) is 24.8 Å². The lowest BCUT2D eigenvalue weighted by atomic mass is 10.2. The number of rotatable bonds is 6. The number of aromatic nitrogens is 1. The molecule has 0 aliphatic carbocycles. The number of fused-ring (bicyclic) bond motifs is 1. The number of amides is 1. The largest absolute Gasteiger partial charge is 0.325 e. The summed E-state index contributed by atoms with van der Waals surface area (Å²) in [6, 6.07) is 10.4. The van der Waals surface area contributed by atoms with Crippen LogP contribution in [0.25, 0.3) is 10.2 Å². The molecule has 0 bridgehead atoms. The van der Waals surface area contributed by atoms with Crippen molar-refractivity contribution in [2.24, 2.45) is 0 Å². The van der Waals surface area contributed by atoms with Crippen molar-refractivity contribution in [3.05, 3.63) is 47.0 Å². The van der Waals surface area contributed by atoms with Crippen LogP contribution in [0.15, 0.2) is 45.6 Å². The molecule has 1 aromatic heterocycles. The van der Waals surface area contributed by atoms with Crippen LogP contribution in [0, 0.1) is 6.92 Å². The van der Waals surface area contributed by atoms with E-state index in [4.69, 9.17) is 11.6 Å². The quantitative estimate of drug-likeness (QED) is 0.477. The number of aryl methyl sites for hydroxylation is 1. The van der Waals surface area contributed by atoms with E-state index in [1.54, 1.807) is 34.6 Å². The Morgan fingerprint density at radius 2 is 1.97 bits per heavy atom. The molecule has 2 aromatic carbocycles. The molecule has 10 heteroatoms. The van der Waals surface area contributed by atoms with Gasteiger partial charge in [-0.05, 0) is 55.7 Å². The van der Waals surface area contributed by atoms with Crippen molar-refractivity contribution in [3.63, 3.8) is 0 Å². The van der Waals surface area contributed by atoms with Gasteiger partial charge in [-0.3, -0.25) is 4.79 Å². The molecule has 3 aromatic rings. The molecule has 1 fully saturated rings. The summed E-state index contributed by atoms with van der Waals surface area (Å²) in [5.74, 6) is 0.0491. The van der Waals surface area contributed by atoms with E-state index in [9.17, 15) is 13.2 Å². The summed E-state index contributed by atoms with van der Waals surface area (Å²) in [6.07, 6.45) is 2.88. The van der Waals surface area contributed by atoms with Crippen LogP contribution in [0.3, 0.4) is 0 Å². The predicted molar refractivity (Wildman–Crippen MR) is 128 cm³/mol. The molecule has 1 aliphatic rings. The molecule has 164 valence electrons. The van der Waals surface area contributed by atoms with Gasteiger partial charge in [0.1, 0.15) is 0 Å². The number of thiazole rings is 1. The van der Waals surface area contributed by atoms with Crippen molar-refractivity contribution in [2.75, 3.05) is 24.2 Å². The predicted octanol–water partition coefficient (Wildman–Crippen LogP) is 5.16. The highest BCUT2D eigenvalue weighted by Gasteiger charge is 2.26. The van der Waals surface area contributed by atoms with E-state index in [-0.39, 0.29) is 11.7 Å². The van der Waals surface area contributed by atoms with E-state index in [1.807, 2.05) is 13.0 Å². The van der Waals surface area contributed by atoms with Crippen molar-refractivity contribution in [1.82, 2.24) is 9.29 Å². The van der Waals surface area contributed by atoms with Gasteiger partial charge in [0.25, 0.3) is 0 Å². The lowest BCUT2D eigenvalue weighted by Gasteiger charge is -2.25. The van der Waals surface area contributed by atoms with Gasteiger partial charge in [-0.2, -0.15) is 4.31 Å². The molecule has 31 heavy (non-hydrogen) atoms. The first kappa shape index (κ1) is 22.5. The average molecular weight is 496 g/mol. The lowest BCUT2D eigenvalue weighted by molar-refractivity contribution is -0.113. The number of hydrogen-bond acceptors (Lipinski definition) is 6. The van der Waals surface area contributed by atoms with E-state index in [0.717, 1.165) is 39.4 Å². The van der Waals surface area contributed by atoms with Crippen LogP contribution in [-0.4, -0.2) is 42.5 Å². The highest BCUT2D eigenvalue weighted by molar-refractivity contribution is 8.01. The molecule has 4 rings (SSSR count). The summed E-state index contributed by atoms with van der Waals surface area (Å²) in [6.45, 7) is 3.05. The van der Waals surface area contributed by atoms with Crippen molar-refractivity contribution in [2.45, 2.75) is 35.4 Å². The summed E-state index contributed by atoms with van der Waals surface area (Å²) in [7, 11) is -3.48. The van der Waals surface area contributed by atoms with Crippen LogP contribution in [0.5, 0.6) is 0 Å². The van der Waals surface area contributed by atoms with E-state index in [0.29, 0.717) is 28.7 Å². The third-order valence-electron chi connectivity index (χ3n) is 5.09. The fraction of sp³-hybridized carbons (Fsp3) is 0.333. The molecular formula is C21H22ClN3O3S3. The summed E-state index contributed by atoms with van der Waals surface area (Å²) < 4.78 is 28.9. The zero-order valence-corrected chi connectivity index (χ0v) is 20.1. The zero-order valence-electron chi connectivity index (χ0n) is 16.9. The van der Waals surface area contributed by atoms with E-state index in [1.165, 1.54) is 23.1 Å². The Bertz CT molecular complexity index is 1220. The molecule has 0 unspecified atom stereocenters. The summed E-state index contributed by atoms with van der Waals surface area (Å²) in [5.41, 5.74) is 2.36. The minimum absolute atomic E-state index is 0.150. The first-order chi connectivity index (χ1) is 14.8. The Morgan fingerprint density at radius 1 is 1.19 bits per heavy atom. The molecular weight excluding hydrogens is 474 g/mol. The van der Waals surface area contributed by atoms with Gasteiger partial charge in [0.15, 0.2) is 4.34 Å². The number of carbonyl (C=O) groups excluding carboxylic acids is 1. The minimum atomic E-state index is -3.48. The molecule has 0 atom stereocenters. The molecule has 1 aliphatic heterocycles. The molecule has 1 amide bonds. The van der Waals surface area contributed by atoms with Crippen LogP contribution in [-0.2, 0) is 14.8 Å². The van der Waals surface area contributed by atoms with Crippen LogP contribution in [0.2, 0.25) is 5.02 Å². The number of piperidine rings is 1. The highest BCUT2D eigenvalue weighted by Crippen LogP contribution is 2.32. The van der Waals surface area contributed by atoms with Crippen LogP contribution < -0.4 is 5.32 Å². The summed E-state index contributed by atoms with van der Waals surface area (Å²) in [4.78, 5) is 17.2. The van der Waals surface area contributed by atoms with E-state index < -0.39 is 10.0 Å². The normalized spacial score (nSPS) is 15.3. The number of thioether (sulfide) groups is 1. The number of nitrogens with one attached hydrogen (secondary N) is 1. The topological polar surface area (TPSA) is 79.4 Å². The van der Waals surface area contributed by atoms with E-state index in [2.05, 4.69) is 10.3 Å². The molecule has 2 heterocycles. The van der Waals surface area contributed by atoms with Gasteiger partial charge in [0.05, 0.1) is 20.9 Å². The first-order valence-corrected chi connectivity index (χ1v) is 13.5.